The second-order valence-electron chi connectivity index (χ2n) is 6.52. The summed E-state index contributed by atoms with van der Waals surface area (Å²) in [6.07, 6.45) is 0.824. The summed E-state index contributed by atoms with van der Waals surface area (Å²) in [7, 11) is -3.69. The molecule has 2 rings (SSSR count). The van der Waals surface area contributed by atoms with Gasteiger partial charge in [0.15, 0.2) is 0 Å². The van der Waals surface area contributed by atoms with Gasteiger partial charge in [-0.05, 0) is 45.8 Å². The largest absolute Gasteiger partial charge is 0.398 e. The van der Waals surface area contributed by atoms with E-state index in [0.29, 0.717) is 19.0 Å². The minimum absolute atomic E-state index is 0.0367. The molecule has 0 aliphatic carbocycles. The van der Waals surface area contributed by atoms with Crippen molar-refractivity contribution in [1.29, 1.82) is 0 Å². The maximum Gasteiger partial charge on any atom is 0.245 e. The molecule has 0 saturated carbocycles. The van der Waals surface area contributed by atoms with Crippen molar-refractivity contribution in [3.8, 4) is 0 Å². The SMILES string of the molecule is CC(C)(C)C1CCN(S(=O)(=O)c2cc(Br)c(F)cc2N)C1. The van der Waals surface area contributed by atoms with Crippen LogP contribution in [0.4, 0.5) is 10.1 Å². The van der Waals surface area contributed by atoms with E-state index in [1.54, 1.807) is 0 Å². The maximum atomic E-state index is 13.4. The maximum absolute atomic E-state index is 13.4. The number of nitrogens with zero attached hydrogens (tertiary/aromatic N) is 1. The molecule has 0 aromatic heterocycles. The Kier molecular flexibility index (Phi) is 4.39. The van der Waals surface area contributed by atoms with Gasteiger partial charge < -0.3 is 5.73 Å². The first-order valence-corrected chi connectivity index (χ1v) is 9.01. The van der Waals surface area contributed by atoms with E-state index >= 15 is 0 Å². The summed E-state index contributed by atoms with van der Waals surface area (Å²) in [5.74, 6) is -0.266. The van der Waals surface area contributed by atoms with Crippen molar-refractivity contribution in [3.05, 3.63) is 22.4 Å². The van der Waals surface area contributed by atoms with Crippen LogP contribution in [0.3, 0.4) is 0 Å². The number of sulfonamides is 1. The van der Waals surface area contributed by atoms with Crippen LogP contribution in [0.1, 0.15) is 27.2 Å². The van der Waals surface area contributed by atoms with E-state index in [9.17, 15) is 12.8 Å². The van der Waals surface area contributed by atoms with Crippen molar-refractivity contribution in [2.24, 2.45) is 11.3 Å². The highest BCUT2D eigenvalue weighted by molar-refractivity contribution is 9.10. The quantitative estimate of drug-likeness (QED) is 0.803. The molecule has 7 heteroatoms. The zero-order chi connectivity index (χ0) is 16.0. The van der Waals surface area contributed by atoms with Crippen LogP contribution in [0, 0.1) is 17.2 Å². The second-order valence-corrected chi connectivity index (χ2v) is 9.28. The Labute approximate surface area is 133 Å². The van der Waals surface area contributed by atoms with Crippen LogP contribution in [0.15, 0.2) is 21.5 Å². The third kappa shape index (κ3) is 3.24. The standard InChI is InChI=1S/C14H20BrFN2O2S/c1-14(2,3)9-4-5-18(8-9)21(19,20)13-6-10(15)11(16)7-12(13)17/h6-7,9H,4-5,8,17H2,1-3H3. The third-order valence-electron chi connectivity index (χ3n) is 4.05. The molecular formula is C14H20BrFN2O2S. The minimum atomic E-state index is -3.69. The van der Waals surface area contributed by atoms with Gasteiger partial charge in [0.05, 0.1) is 10.2 Å². The zero-order valence-corrected chi connectivity index (χ0v) is 14.8. The fourth-order valence-corrected chi connectivity index (χ4v) is 4.68. The van der Waals surface area contributed by atoms with Gasteiger partial charge in [-0.15, -0.1) is 0 Å². The molecular weight excluding hydrogens is 359 g/mol. The number of nitrogens with two attached hydrogens (primary N) is 1. The Hall–Kier alpha value is -0.660. The molecule has 2 N–H and O–H groups in total. The predicted octanol–water partition coefficient (Wildman–Crippen LogP) is 3.23. The van der Waals surface area contributed by atoms with E-state index in [0.717, 1.165) is 12.5 Å². The van der Waals surface area contributed by atoms with Crippen LogP contribution < -0.4 is 5.73 Å². The van der Waals surface area contributed by atoms with Crippen molar-refractivity contribution >= 4 is 31.6 Å². The molecule has 1 saturated heterocycles. The highest BCUT2D eigenvalue weighted by Gasteiger charge is 2.38. The molecule has 1 fully saturated rings. The summed E-state index contributed by atoms with van der Waals surface area (Å²) in [4.78, 5) is -0.0367. The third-order valence-corrected chi connectivity index (χ3v) is 6.57. The lowest BCUT2D eigenvalue weighted by Gasteiger charge is -2.27. The van der Waals surface area contributed by atoms with Gasteiger partial charge in [0.2, 0.25) is 10.0 Å². The van der Waals surface area contributed by atoms with Crippen LogP contribution >= 0.6 is 15.9 Å². The number of nitrogen functional groups attached to an aromatic ring is 1. The second kappa shape index (κ2) is 5.52. The van der Waals surface area contributed by atoms with E-state index in [-0.39, 0.29) is 20.5 Å². The van der Waals surface area contributed by atoms with E-state index in [1.165, 1.54) is 10.4 Å². The topological polar surface area (TPSA) is 63.4 Å². The molecule has 0 amide bonds. The fourth-order valence-electron chi connectivity index (χ4n) is 2.56. The highest BCUT2D eigenvalue weighted by Crippen LogP contribution is 2.37. The molecule has 1 aromatic carbocycles. The lowest BCUT2D eigenvalue weighted by atomic mass is 9.80. The summed E-state index contributed by atoms with van der Waals surface area (Å²) < 4.78 is 40.3. The summed E-state index contributed by atoms with van der Waals surface area (Å²) >= 11 is 3.01. The van der Waals surface area contributed by atoms with Crippen LogP contribution in [0.5, 0.6) is 0 Å². The smallest absolute Gasteiger partial charge is 0.245 e. The van der Waals surface area contributed by atoms with Gasteiger partial charge in [0.1, 0.15) is 10.7 Å². The van der Waals surface area contributed by atoms with Gasteiger partial charge in [0.25, 0.3) is 0 Å². The first kappa shape index (κ1) is 16.7. The van der Waals surface area contributed by atoms with Crippen LogP contribution in [0.2, 0.25) is 0 Å². The van der Waals surface area contributed by atoms with E-state index < -0.39 is 15.8 Å². The van der Waals surface area contributed by atoms with Crippen molar-refractivity contribution < 1.29 is 12.8 Å². The molecule has 0 radical (unpaired) electrons. The Balaban J connectivity index is 2.34. The predicted molar refractivity (Wildman–Crippen MR) is 84.8 cm³/mol. The molecule has 118 valence electrons. The molecule has 0 bridgehead atoms. The van der Waals surface area contributed by atoms with E-state index in [4.69, 9.17) is 5.73 Å². The van der Waals surface area contributed by atoms with Crippen molar-refractivity contribution in [1.82, 2.24) is 4.31 Å². The summed E-state index contributed by atoms with van der Waals surface area (Å²) in [5.41, 5.74) is 5.69. The molecule has 21 heavy (non-hydrogen) atoms. The van der Waals surface area contributed by atoms with Crippen molar-refractivity contribution in [2.75, 3.05) is 18.8 Å². The number of halogens is 2. The molecule has 1 aliphatic rings. The van der Waals surface area contributed by atoms with Crippen LogP contribution in [0.25, 0.3) is 0 Å². The van der Waals surface area contributed by atoms with Crippen molar-refractivity contribution in [3.63, 3.8) is 0 Å². The summed E-state index contributed by atoms with van der Waals surface area (Å²) in [5, 5.41) is 0. The number of hydrogen-bond acceptors (Lipinski definition) is 3. The summed E-state index contributed by atoms with van der Waals surface area (Å²) in [6.45, 7) is 7.27. The lowest BCUT2D eigenvalue weighted by molar-refractivity contribution is 0.252. The molecule has 1 unspecified atom stereocenters. The van der Waals surface area contributed by atoms with E-state index in [1.807, 2.05) is 0 Å². The Morgan fingerprint density at radius 3 is 2.52 bits per heavy atom. The van der Waals surface area contributed by atoms with Crippen LogP contribution in [-0.4, -0.2) is 25.8 Å². The van der Waals surface area contributed by atoms with Gasteiger partial charge in [-0.1, -0.05) is 20.8 Å². The first-order valence-electron chi connectivity index (χ1n) is 6.78. The average molecular weight is 379 g/mol. The Morgan fingerprint density at radius 1 is 1.38 bits per heavy atom. The van der Waals surface area contributed by atoms with Gasteiger partial charge in [-0.2, -0.15) is 4.31 Å². The minimum Gasteiger partial charge on any atom is -0.398 e. The van der Waals surface area contributed by atoms with Gasteiger partial charge >= 0.3 is 0 Å². The van der Waals surface area contributed by atoms with Crippen molar-refractivity contribution in [2.45, 2.75) is 32.1 Å². The molecule has 1 atom stereocenters. The fraction of sp³-hybridized carbons (Fsp3) is 0.571. The number of anilines is 1. The lowest BCUT2D eigenvalue weighted by Crippen LogP contribution is -2.31. The molecule has 1 heterocycles. The molecule has 1 aromatic rings. The van der Waals surface area contributed by atoms with Gasteiger partial charge in [-0.25, -0.2) is 12.8 Å². The Bertz CT molecular complexity index is 656. The summed E-state index contributed by atoms with van der Waals surface area (Å²) in [6, 6.07) is 2.28. The number of benzene rings is 1. The highest BCUT2D eigenvalue weighted by atomic mass is 79.9. The van der Waals surface area contributed by atoms with Crippen LogP contribution in [-0.2, 0) is 10.0 Å². The van der Waals surface area contributed by atoms with Gasteiger partial charge in [0, 0.05) is 13.1 Å². The Morgan fingerprint density at radius 2 is 2.00 bits per heavy atom. The first-order chi connectivity index (χ1) is 9.53. The molecule has 0 spiro atoms. The van der Waals surface area contributed by atoms with E-state index in [2.05, 4.69) is 36.7 Å². The average Bonchev–Trinajstić information content (AvgIpc) is 2.83. The normalized spacial score (nSPS) is 20.9. The molecule has 4 nitrogen and oxygen atoms in total. The monoisotopic (exact) mass is 378 g/mol. The number of hydrogen-bond donors (Lipinski definition) is 1. The number of rotatable bonds is 2. The zero-order valence-electron chi connectivity index (χ0n) is 12.4. The van der Waals surface area contributed by atoms with Gasteiger partial charge in [-0.3, -0.25) is 0 Å². The molecule has 1 aliphatic heterocycles.